The van der Waals surface area contributed by atoms with Crippen molar-refractivity contribution in [2.75, 3.05) is 17.2 Å². The lowest BCUT2D eigenvalue weighted by molar-refractivity contribution is 0.271. The summed E-state index contributed by atoms with van der Waals surface area (Å²) in [6.07, 6.45) is 7.35. The van der Waals surface area contributed by atoms with Crippen LogP contribution < -0.4 is 10.6 Å². The first-order valence-electron chi connectivity index (χ1n) is 13.0. The summed E-state index contributed by atoms with van der Waals surface area (Å²) < 4.78 is 28.1. The molecule has 0 fully saturated rings. The van der Waals surface area contributed by atoms with Crippen molar-refractivity contribution in [3.05, 3.63) is 71.2 Å². The van der Waals surface area contributed by atoms with Crippen LogP contribution in [0.1, 0.15) is 36.6 Å². The van der Waals surface area contributed by atoms with E-state index in [4.69, 9.17) is 4.98 Å². The Morgan fingerprint density at radius 3 is 2.73 bits per heavy atom. The van der Waals surface area contributed by atoms with E-state index in [-0.39, 0.29) is 17.5 Å². The highest BCUT2D eigenvalue weighted by Gasteiger charge is 2.19. The molecule has 0 radical (unpaired) electrons. The molecule has 0 saturated carbocycles. The van der Waals surface area contributed by atoms with Gasteiger partial charge in [-0.2, -0.15) is 18.4 Å². The van der Waals surface area contributed by atoms with Crippen molar-refractivity contribution in [3.8, 4) is 0 Å². The van der Waals surface area contributed by atoms with Gasteiger partial charge in [0, 0.05) is 23.3 Å². The number of aliphatic hydroxyl groups is 1. The van der Waals surface area contributed by atoms with Gasteiger partial charge in [-0.25, -0.2) is 9.97 Å². The van der Waals surface area contributed by atoms with Crippen LogP contribution in [0.4, 0.5) is 11.8 Å². The van der Waals surface area contributed by atoms with E-state index < -0.39 is 10.0 Å². The minimum absolute atomic E-state index is 0.0193. The predicted molar refractivity (Wildman–Crippen MR) is 154 cm³/mol. The van der Waals surface area contributed by atoms with Gasteiger partial charge in [0.05, 0.1) is 19.0 Å². The first kappa shape index (κ1) is 27.7. The largest absolute Gasteiger partial charge is 0.394 e. The Kier molecular flexibility index (Phi) is 8.67. The Hall–Kier alpha value is -3.88. The first-order valence-corrected chi connectivity index (χ1v) is 15.4. The van der Waals surface area contributed by atoms with Crippen molar-refractivity contribution in [2.24, 2.45) is 0 Å². The van der Waals surface area contributed by atoms with Gasteiger partial charge in [-0.05, 0) is 37.3 Å². The average molecular weight is 582 g/mol. The van der Waals surface area contributed by atoms with Gasteiger partial charge in [-0.15, -0.1) is 20.5 Å². The molecule has 0 spiro atoms. The second kappa shape index (κ2) is 12.5. The minimum atomic E-state index is -3.71. The number of aryl methyl sites for hydroxylation is 2. The van der Waals surface area contributed by atoms with E-state index in [1.54, 1.807) is 17.8 Å². The number of thiophene rings is 1. The summed E-state index contributed by atoms with van der Waals surface area (Å²) in [5.74, 6) is 1.06. The van der Waals surface area contributed by atoms with Gasteiger partial charge in [0.1, 0.15) is 17.6 Å². The maximum Gasteiger partial charge on any atom is 0.285 e. The Morgan fingerprint density at radius 1 is 1.12 bits per heavy atom. The number of benzene rings is 1. The molecule has 0 unspecified atom stereocenters. The molecule has 4 aromatic heterocycles. The molecule has 12 nitrogen and oxygen atoms in total. The number of imidazole rings is 1. The van der Waals surface area contributed by atoms with E-state index in [1.807, 2.05) is 41.8 Å². The van der Waals surface area contributed by atoms with Crippen molar-refractivity contribution in [1.29, 1.82) is 0 Å². The molecule has 3 N–H and O–H groups in total. The Labute approximate surface area is 236 Å². The highest BCUT2D eigenvalue weighted by molar-refractivity contribution is 7.90. The minimum Gasteiger partial charge on any atom is -0.394 e. The molecule has 1 atom stereocenters. The summed E-state index contributed by atoms with van der Waals surface area (Å²) in [4.78, 5) is 18.9. The van der Waals surface area contributed by atoms with Gasteiger partial charge in [-0.1, -0.05) is 37.3 Å². The van der Waals surface area contributed by atoms with Crippen LogP contribution >= 0.6 is 11.3 Å². The summed E-state index contributed by atoms with van der Waals surface area (Å²) in [5, 5.41) is 21.7. The summed E-state index contributed by atoms with van der Waals surface area (Å²) in [6, 6.07) is 11.6. The van der Waals surface area contributed by atoms with Crippen LogP contribution in [0.3, 0.4) is 0 Å². The van der Waals surface area contributed by atoms with Crippen molar-refractivity contribution in [2.45, 2.75) is 56.6 Å². The lowest BCUT2D eigenvalue weighted by Crippen LogP contribution is -2.24. The molecule has 14 heteroatoms. The molecule has 4 heterocycles. The summed E-state index contributed by atoms with van der Waals surface area (Å²) >= 11 is 1.42. The zero-order chi connectivity index (χ0) is 28.0. The Balaban J connectivity index is 1.27. The van der Waals surface area contributed by atoms with Crippen LogP contribution in [-0.4, -0.2) is 59.9 Å². The van der Waals surface area contributed by atoms with Crippen molar-refractivity contribution < 1.29 is 13.5 Å². The third kappa shape index (κ3) is 6.29. The van der Waals surface area contributed by atoms with Crippen LogP contribution in [0.25, 0.3) is 11.2 Å². The molecule has 0 bridgehead atoms. The Morgan fingerprint density at radius 2 is 1.98 bits per heavy atom. The van der Waals surface area contributed by atoms with Gasteiger partial charge >= 0.3 is 0 Å². The lowest BCUT2D eigenvalue weighted by atomic mass is 10.2. The van der Waals surface area contributed by atoms with Gasteiger partial charge < -0.3 is 20.3 Å². The van der Waals surface area contributed by atoms with E-state index in [2.05, 4.69) is 30.7 Å². The fourth-order valence-electron chi connectivity index (χ4n) is 4.17. The maximum absolute atomic E-state index is 12.6. The third-order valence-electron chi connectivity index (χ3n) is 6.46. The molecule has 0 amide bonds. The molecular formula is C26H31N9O3S2. The predicted octanol–water partition coefficient (Wildman–Crippen LogP) is 3.53. The smallest absolute Gasteiger partial charge is 0.285 e. The van der Waals surface area contributed by atoms with E-state index in [0.29, 0.717) is 36.0 Å². The van der Waals surface area contributed by atoms with Crippen LogP contribution in [0.2, 0.25) is 0 Å². The molecule has 5 rings (SSSR count). The van der Waals surface area contributed by atoms with Gasteiger partial charge in [0.2, 0.25) is 5.95 Å². The van der Waals surface area contributed by atoms with Crippen molar-refractivity contribution >= 4 is 44.3 Å². The second-order valence-electron chi connectivity index (χ2n) is 9.26. The summed E-state index contributed by atoms with van der Waals surface area (Å²) in [6.45, 7) is 3.25. The van der Waals surface area contributed by atoms with Crippen LogP contribution in [0.5, 0.6) is 0 Å². The van der Waals surface area contributed by atoms with Crippen molar-refractivity contribution in [3.63, 3.8) is 0 Å². The normalized spacial score (nSPS) is 12.6. The van der Waals surface area contributed by atoms with E-state index >= 15 is 0 Å². The zero-order valence-electron chi connectivity index (χ0n) is 22.0. The number of anilines is 2. The number of nitrogens with one attached hydrogen (secondary N) is 2. The molecule has 0 aliphatic heterocycles. The van der Waals surface area contributed by atoms with Crippen molar-refractivity contribution in [1.82, 2.24) is 33.7 Å². The summed E-state index contributed by atoms with van der Waals surface area (Å²) in [7, 11) is -3.71. The SMILES string of the molecule is CC[C@H](CO)Nc1nc(NCc2ccccc2)c2ncn(CCCCc3cc(S(=O)(=O)n4cncn4)cs3)c2n1. The fourth-order valence-corrected chi connectivity index (χ4v) is 6.52. The fraction of sp³-hybridized carbons (Fsp3) is 0.346. The number of rotatable bonds is 14. The van der Waals surface area contributed by atoms with Crippen LogP contribution in [0, 0.1) is 0 Å². The number of aliphatic hydroxyl groups excluding tert-OH is 1. The van der Waals surface area contributed by atoms with E-state index in [1.165, 1.54) is 24.0 Å². The van der Waals surface area contributed by atoms with E-state index in [9.17, 15) is 13.5 Å². The maximum atomic E-state index is 12.6. The molecule has 210 valence electrons. The molecule has 0 aliphatic rings. The molecule has 0 aliphatic carbocycles. The topological polar surface area (TPSA) is 153 Å². The van der Waals surface area contributed by atoms with Crippen LogP contribution in [-0.2, 0) is 29.5 Å². The lowest BCUT2D eigenvalue weighted by Gasteiger charge is -2.15. The summed E-state index contributed by atoms with van der Waals surface area (Å²) in [5.41, 5.74) is 2.51. The van der Waals surface area contributed by atoms with Crippen LogP contribution in [0.15, 0.2) is 65.7 Å². The standard InChI is InChI=1S/C26H31N9O3S2/c1-2-20(14-36)31-26-32-24(28-13-19-8-4-3-5-9-19)23-25(33-26)34(18-29-23)11-7-6-10-21-12-22(15-39-21)40(37,38)35-17-27-16-30-35/h3-5,8-9,12,15-18,20,36H,2,6-7,10-11,13-14H2,1H3,(H2,28,31,32,33)/t20-/m1/s1. The monoisotopic (exact) mass is 581 g/mol. The second-order valence-corrected chi connectivity index (χ2v) is 12.0. The van der Waals surface area contributed by atoms with Gasteiger partial charge in [0.15, 0.2) is 17.0 Å². The first-order chi connectivity index (χ1) is 19.5. The Bertz CT molecular complexity index is 1630. The number of fused-ring (bicyclic) bond motifs is 1. The van der Waals surface area contributed by atoms with E-state index in [0.717, 1.165) is 40.2 Å². The number of nitrogens with zero attached hydrogens (tertiary/aromatic N) is 7. The number of aromatic nitrogens is 7. The molecule has 1 aromatic carbocycles. The molecule has 0 saturated heterocycles. The third-order valence-corrected chi connectivity index (χ3v) is 9.11. The molecule has 5 aromatic rings. The molecular weight excluding hydrogens is 550 g/mol. The number of hydrogen-bond acceptors (Lipinski definition) is 11. The highest BCUT2D eigenvalue weighted by atomic mass is 32.2. The average Bonchev–Trinajstić information content (AvgIpc) is 3.75. The number of unbranched alkanes of at least 4 members (excludes halogenated alkanes) is 1. The molecule has 40 heavy (non-hydrogen) atoms. The zero-order valence-corrected chi connectivity index (χ0v) is 23.6. The van der Waals surface area contributed by atoms with Gasteiger partial charge in [0.25, 0.3) is 10.0 Å². The van der Waals surface area contributed by atoms with Gasteiger partial charge in [-0.3, -0.25) is 0 Å². The quantitative estimate of drug-likeness (QED) is 0.166. The highest BCUT2D eigenvalue weighted by Crippen LogP contribution is 2.24. The number of hydrogen-bond donors (Lipinski definition) is 3.